The van der Waals surface area contributed by atoms with Gasteiger partial charge in [-0.05, 0) is 26.0 Å². The third-order valence-corrected chi connectivity index (χ3v) is 4.16. The van der Waals surface area contributed by atoms with E-state index in [9.17, 15) is 23.3 Å². The number of nitrogens with zero attached hydrogens (tertiary/aromatic N) is 1. The van der Waals surface area contributed by atoms with Crippen LogP contribution in [0.1, 0.15) is 13.8 Å². The van der Waals surface area contributed by atoms with Crippen molar-refractivity contribution in [1.82, 2.24) is 4.72 Å². The summed E-state index contributed by atoms with van der Waals surface area (Å²) in [5.41, 5.74) is 4.81. The topological polar surface area (TPSA) is 144 Å². The lowest BCUT2D eigenvalue weighted by atomic mass is 10.3. The van der Waals surface area contributed by atoms with E-state index in [-0.39, 0.29) is 0 Å². The van der Waals surface area contributed by atoms with Crippen LogP contribution in [0.4, 0.5) is 11.4 Å². The maximum atomic E-state index is 12.2. The van der Waals surface area contributed by atoms with E-state index in [1.54, 1.807) is 6.92 Å². The van der Waals surface area contributed by atoms with E-state index < -0.39 is 37.5 Å². The monoisotopic (exact) mass is 316 g/mol. The van der Waals surface area contributed by atoms with Gasteiger partial charge in [-0.2, -0.15) is 4.72 Å². The van der Waals surface area contributed by atoms with Crippen LogP contribution in [0.25, 0.3) is 0 Å². The molecule has 0 fully saturated rings. The highest BCUT2D eigenvalue weighted by Crippen LogP contribution is 2.27. The van der Waals surface area contributed by atoms with Crippen molar-refractivity contribution in [1.29, 1.82) is 0 Å². The van der Waals surface area contributed by atoms with Crippen molar-refractivity contribution in [3.05, 3.63) is 28.3 Å². The van der Waals surface area contributed by atoms with Crippen LogP contribution < -0.4 is 15.8 Å². The van der Waals surface area contributed by atoms with Crippen molar-refractivity contribution >= 4 is 27.3 Å². The number of sulfonamides is 1. The summed E-state index contributed by atoms with van der Waals surface area (Å²) in [6, 6.07) is 2.44. The van der Waals surface area contributed by atoms with Gasteiger partial charge in [0.1, 0.15) is 0 Å². The first-order chi connectivity index (χ1) is 9.69. The molecule has 0 spiro atoms. The zero-order valence-corrected chi connectivity index (χ0v) is 12.3. The second-order valence-electron chi connectivity index (χ2n) is 4.22. The van der Waals surface area contributed by atoms with Gasteiger partial charge in [0, 0.05) is 18.3 Å². The van der Waals surface area contributed by atoms with Crippen molar-refractivity contribution in [2.24, 2.45) is 5.73 Å². The summed E-state index contributed by atoms with van der Waals surface area (Å²) in [4.78, 5) is 20.6. The molecule has 0 radical (unpaired) electrons. The van der Waals surface area contributed by atoms with Crippen LogP contribution in [0.15, 0.2) is 23.1 Å². The Morgan fingerprint density at radius 3 is 2.57 bits per heavy atom. The Morgan fingerprint density at radius 2 is 2.10 bits per heavy atom. The van der Waals surface area contributed by atoms with Gasteiger partial charge in [-0.1, -0.05) is 0 Å². The maximum Gasteiger partial charge on any atom is 0.289 e. The summed E-state index contributed by atoms with van der Waals surface area (Å²) in [5.74, 6) is -0.885. The predicted octanol–water partition coefficient (Wildman–Crippen LogP) is 0.179. The van der Waals surface area contributed by atoms with Crippen molar-refractivity contribution in [2.45, 2.75) is 24.8 Å². The first-order valence-electron chi connectivity index (χ1n) is 6.03. The average molecular weight is 316 g/mol. The van der Waals surface area contributed by atoms with Gasteiger partial charge >= 0.3 is 0 Å². The summed E-state index contributed by atoms with van der Waals surface area (Å²) in [7, 11) is -4.25. The molecule has 0 saturated heterocycles. The van der Waals surface area contributed by atoms with Crippen LogP contribution in [0.2, 0.25) is 0 Å². The summed E-state index contributed by atoms with van der Waals surface area (Å²) in [6.45, 7) is 3.56. The molecule has 4 N–H and O–H groups in total. The molecule has 0 saturated carbocycles. The molecule has 0 heterocycles. The number of nitrogens with one attached hydrogen (secondary N) is 2. The molecule has 1 aromatic rings. The van der Waals surface area contributed by atoms with E-state index in [4.69, 9.17) is 5.73 Å². The molecule has 10 heteroatoms. The number of nitrogens with two attached hydrogens (primary N) is 1. The summed E-state index contributed by atoms with van der Waals surface area (Å²) < 4.78 is 26.4. The molecular weight excluding hydrogens is 300 g/mol. The van der Waals surface area contributed by atoms with Crippen LogP contribution in [-0.2, 0) is 14.8 Å². The minimum Gasteiger partial charge on any atom is -0.385 e. The molecular formula is C11H16N4O5S. The number of amides is 1. The van der Waals surface area contributed by atoms with E-state index >= 15 is 0 Å². The minimum absolute atomic E-state index is 0.412. The van der Waals surface area contributed by atoms with Crippen LogP contribution in [0.3, 0.4) is 0 Å². The first-order valence-corrected chi connectivity index (χ1v) is 7.51. The fourth-order valence-electron chi connectivity index (χ4n) is 1.55. The molecule has 9 nitrogen and oxygen atoms in total. The molecule has 21 heavy (non-hydrogen) atoms. The van der Waals surface area contributed by atoms with Gasteiger partial charge in [0.15, 0.2) is 4.90 Å². The summed E-state index contributed by atoms with van der Waals surface area (Å²) in [5, 5.41) is 13.8. The Labute approximate surface area is 121 Å². The molecule has 0 aliphatic carbocycles. The molecule has 1 unspecified atom stereocenters. The van der Waals surface area contributed by atoms with Gasteiger partial charge < -0.3 is 11.1 Å². The number of nitro benzene ring substituents is 1. The van der Waals surface area contributed by atoms with Crippen molar-refractivity contribution in [3.8, 4) is 0 Å². The Kier molecular flexibility index (Phi) is 5.22. The standard InChI is InChI=1S/C11H16N4O5S/c1-3-13-8-4-5-9(15(17)18)10(6-8)21(19,20)14-7(2)11(12)16/h4-7,13-14H,3H2,1-2H3,(H2,12,16). The highest BCUT2D eigenvalue weighted by molar-refractivity contribution is 7.89. The number of benzene rings is 1. The fourth-order valence-corrected chi connectivity index (χ4v) is 2.96. The molecule has 116 valence electrons. The highest BCUT2D eigenvalue weighted by Gasteiger charge is 2.28. The molecule has 0 aliphatic rings. The van der Waals surface area contributed by atoms with E-state index in [0.29, 0.717) is 12.2 Å². The number of carbonyl (C=O) groups is 1. The Morgan fingerprint density at radius 1 is 1.48 bits per heavy atom. The minimum atomic E-state index is -4.25. The number of carbonyl (C=O) groups excluding carboxylic acids is 1. The third-order valence-electron chi connectivity index (χ3n) is 2.59. The molecule has 1 atom stereocenters. The van der Waals surface area contributed by atoms with E-state index in [2.05, 4.69) is 5.32 Å². The predicted molar refractivity (Wildman–Crippen MR) is 76.2 cm³/mol. The Bertz CT molecular complexity index is 659. The molecule has 1 aromatic carbocycles. The van der Waals surface area contributed by atoms with Gasteiger partial charge in [0.25, 0.3) is 5.69 Å². The van der Waals surface area contributed by atoms with E-state index in [1.807, 2.05) is 4.72 Å². The quantitative estimate of drug-likeness (QED) is 0.483. The van der Waals surface area contributed by atoms with Gasteiger partial charge in [-0.25, -0.2) is 8.42 Å². The van der Waals surface area contributed by atoms with Crippen LogP contribution in [0.5, 0.6) is 0 Å². The van der Waals surface area contributed by atoms with E-state index in [0.717, 1.165) is 12.1 Å². The largest absolute Gasteiger partial charge is 0.385 e. The number of rotatable bonds is 7. The van der Waals surface area contributed by atoms with Crippen molar-refractivity contribution in [3.63, 3.8) is 0 Å². The van der Waals surface area contributed by atoms with Crippen molar-refractivity contribution in [2.75, 3.05) is 11.9 Å². The fraction of sp³-hybridized carbons (Fsp3) is 0.364. The SMILES string of the molecule is CCNc1ccc([N+](=O)[O-])c(S(=O)(=O)NC(C)C(N)=O)c1. The molecule has 1 amide bonds. The third kappa shape index (κ3) is 4.13. The first kappa shape index (κ1) is 16.9. The molecule has 0 aliphatic heterocycles. The van der Waals surface area contributed by atoms with Gasteiger partial charge in [-0.15, -0.1) is 0 Å². The average Bonchev–Trinajstić information content (AvgIpc) is 2.38. The maximum absolute atomic E-state index is 12.2. The van der Waals surface area contributed by atoms with Gasteiger partial charge in [-0.3, -0.25) is 14.9 Å². The van der Waals surface area contributed by atoms with Gasteiger partial charge in [0.2, 0.25) is 15.9 Å². The smallest absolute Gasteiger partial charge is 0.289 e. The van der Waals surface area contributed by atoms with Crippen LogP contribution in [0, 0.1) is 10.1 Å². The summed E-state index contributed by atoms with van der Waals surface area (Å²) >= 11 is 0. The molecule has 0 bridgehead atoms. The Hall–Kier alpha value is -2.20. The molecule has 0 aromatic heterocycles. The lowest BCUT2D eigenvalue weighted by molar-refractivity contribution is -0.387. The lowest BCUT2D eigenvalue weighted by Gasteiger charge is -2.12. The number of nitro groups is 1. The molecule has 1 rings (SSSR count). The normalized spacial score (nSPS) is 12.7. The second kappa shape index (κ2) is 6.50. The summed E-state index contributed by atoms with van der Waals surface area (Å²) in [6.07, 6.45) is 0. The highest BCUT2D eigenvalue weighted by atomic mass is 32.2. The Balaban J connectivity index is 3.33. The number of primary amides is 1. The van der Waals surface area contributed by atoms with Crippen molar-refractivity contribution < 1.29 is 18.1 Å². The second-order valence-corrected chi connectivity index (χ2v) is 5.90. The van der Waals surface area contributed by atoms with Crippen LogP contribution >= 0.6 is 0 Å². The number of hydrogen-bond acceptors (Lipinski definition) is 6. The lowest BCUT2D eigenvalue weighted by Crippen LogP contribution is -2.42. The zero-order chi connectivity index (χ0) is 16.2. The number of anilines is 1. The van der Waals surface area contributed by atoms with E-state index in [1.165, 1.54) is 13.0 Å². The zero-order valence-electron chi connectivity index (χ0n) is 11.5. The number of hydrogen-bond donors (Lipinski definition) is 3. The van der Waals surface area contributed by atoms with Gasteiger partial charge in [0.05, 0.1) is 11.0 Å². The van der Waals surface area contributed by atoms with Crippen LogP contribution in [-0.4, -0.2) is 31.8 Å².